The van der Waals surface area contributed by atoms with Gasteiger partial charge in [-0.1, -0.05) is 18.2 Å². The van der Waals surface area contributed by atoms with Gasteiger partial charge in [0, 0.05) is 19.0 Å². The number of rotatable bonds is 4. The highest BCUT2D eigenvalue weighted by molar-refractivity contribution is 5.82. The van der Waals surface area contributed by atoms with Gasteiger partial charge >= 0.3 is 6.03 Å². The topological polar surface area (TPSA) is 61.4 Å². The van der Waals surface area contributed by atoms with Gasteiger partial charge in [-0.15, -0.1) is 0 Å². The number of nitrogens with one attached hydrogen (secondary N) is 2. The smallest absolute Gasteiger partial charge is 0.315 e. The van der Waals surface area contributed by atoms with E-state index in [0.29, 0.717) is 13.0 Å². The van der Waals surface area contributed by atoms with Gasteiger partial charge in [-0.3, -0.25) is 4.79 Å². The Morgan fingerprint density at radius 1 is 1.16 bits per heavy atom. The summed E-state index contributed by atoms with van der Waals surface area (Å²) in [6.45, 7) is 6.60. The van der Waals surface area contributed by atoms with Crippen LogP contribution in [0.1, 0.15) is 62.8 Å². The average Bonchev–Trinajstić information content (AvgIpc) is 2.94. The lowest BCUT2D eigenvalue weighted by molar-refractivity contribution is -0.129. The van der Waals surface area contributed by atoms with E-state index in [-0.39, 0.29) is 30.1 Å². The Labute approximate surface area is 150 Å². The van der Waals surface area contributed by atoms with Crippen molar-refractivity contribution in [3.8, 4) is 0 Å². The third-order valence-corrected chi connectivity index (χ3v) is 5.34. The molecule has 3 rings (SSSR count). The number of amides is 3. The molecule has 0 spiro atoms. The number of carbonyl (C=O) groups excluding carboxylic acids is 2. The molecule has 0 bridgehead atoms. The monoisotopic (exact) mass is 343 g/mol. The molecule has 1 aliphatic heterocycles. The standard InChI is InChI=1S/C20H29N3O2/c1-13(2)23-12-18(11-19(23)24)22-20(25)21-14(3)16-9-8-15-6-4-5-7-17(15)10-16/h8-10,13-14,18H,4-7,11-12H2,1-3H3,(H2,21,22,25). The van der Waals surface area contributed by atoms with Crippen LogP contribution in [0.25, 0.3) is 0 Å². The summed E-state index contributed by atoms with van der Waals surface area (Å²) >= 11 is 0. The van der Waals surface area contributed by atoms with Crippen molar-refractivity contribution in [2.75, 3.05) is 6.54 Å². The molecule has 3 amide bonds. The zero-order chi connectivity index (χ0) is 18.0. The minimum absolute atomic E-state index is 0.0504. The summed E-state index contributed by atoms with van der Waals surface area (Å²) < 4.78 is 0. The van der Waals surface area contributed by atoms with Crippen LogP contribution in [-0.2, 0) is 17.6 Å². The first-order valence-electron chi connectivity index (χ1n) is 9.42. The van der Waals surface area contributed by atoms with Crippen molar-refractivity contribution in [3.05, 3.63) is 34.9 Å². The van der Waals surface area contributed by atoms with Gasteiger partial charge < -0.3 is 15.5 Å². The van der Waals surface area contributed by atoms with E-state index in [1.165, 1.54) is 30.4 Å². The molecule has 1 aliphatic carbocycles. The Morgan fingerprint density at radius 3 is 2.56 bits per heavy atom. The van der Waals surface area contributed by atoms with Gasteiger partial charge in [-0.2, -0.15) is 0 Å². The van der Waals surface area contributed by atoms with Crippen LogP contribution in [0.3, 0.4) is 0 Å². The number of carbonyl (C=O) groups is 2. The highest BCUT2D eigenvalue weighted by Gasteiger charge is 2.32. The Kier molecular flexibility index (Phi) is 5.30. The largest absolute Gasteiger partial charge is 0.338 e. The fourth-order valence-electron chi connectivity index (χ4n) is 3.86. The maximum absolute atomic E-state index is 12.3. The first-order valence-corrected chi connectivity index (χ1v) is 9.42. The summed E-state index contributed by atoms with van der Waals surface area (Å²) in [5.74, 6) is 0.114. The number of fused-ring (bicyclic) bond motifs is 1. The molecule has 1 aromatic carbocycles. The van der Waals surface area contributed by atoms with Gasteiger partial charge in [0.2, 0.25) is 5.91 Å². The van der Waals surface area contributed by atoms with Crippen molar-refractivity contribution in [3.63, 3.8) is 0 Å². The van der Waals surface area contributed by atoms with Gasteiger partial charge in [0.05, 0.1) is 12.1 Å². The molecule has 0 aromatic heterocycles. The van der Waals surface area contributed by atoms with Crippen LogP contribution >= 0.6 is 0 Å². The normalized spacial score (nSPS) is 21.2. The molecule has 136 valence electrons. The number of benzene rings is 1. The van der Waals surface area contributed by atoms with Crippen LogP contribution in [0.5, 0.6) is 0 Å². The second kappa shape index (κ2) is 7.46. The number of hydrogen-bond acceptors (Lipinski definition) is 2. The van der Waals surface area contributed by atoms with Crippen LogP contribution in [0.2, 0.25) is 0 Å². The van der Waals surface area contributed by atoms with E-state index < -0.39 is 0 Å². The SMILES string of the molecule is CC(NC(=O)NC1CC(=O)N(C(C)C)C1)c1ccc2c(c1)CCCC2. The fourth-order valence-corrected chi connectivity index (χ4v) is 3.86. The highest BCUT2D eigenvalue weighted by atomic mass is 16.2. The first kappa shape index (κ1) is 17.8. The Balaban J connectivity index is 1.55. The molecule has 5 heteroatoms. The van der Waals surface area contributed by atoms with E-state index in [4.69, 9.17) is 0 Å². The fraction of sp³-hybridized carbons (Fsp3) is 0.600. The van der Waals surface area contributed by atoms with E-state index in [1.807, 2.05) is 25.7 Å². The third kappa shape index (κ3) is 4.14. The van der Waals surface area contributed by atoms with Gasteiger partial charge in [0.15, 0.2) is 0 Å². The lowest BCUT2D eigenvalue weighted by Gasteiger charge is -2.22. The highest BCUT2D eigenvalue weighted by Crippen LogP contribution is 2.24. The molecular weight excluding hydrogens is 314 g/mol. The molecule has 0 saturated carbocycles. The van der Waals surface area contributed by atoms with Crippen molar-refractivity contribution in [1.82, 2.24) is 15.5 Å². The molecule has 1 fully saturated rings. The number of likely N-dealkylation sites (tertiary alicyclic amines) is 1. The average molecular weight is 343 g/mol. The van der Waals surface area contributed by atoms with E-state index in [0.717, 1.165) is 12.0 Å². The van der Waals surface area contributed by atoms with Crippen LogP contribution in [0.4, 0.5) is 4.79 Å². The van der Waals surface area contributed by atoms with Crippen LogP contribution in [-0.4, -0.2) is 35.5 Å². The van der Waals surface area contributed by atoms with Crippen LogP contribution < -0.4 is 10.6 Å². The lowest BCUT2D eigenvalue weighted by atomic mass is 9.89. The van der Waals surface area contributed by atoms with E-state index in [9.17, 15) is 9.59 Å². The van der Waals surface area contributed by atoms with Crippen molar-refractivity contribution in [2.24, 2.45) is 0 Å². The van der Waals surface area contributed by atoms with Crippen molar-refractivity contribution >= 4 is 11.9 Å². The lowest BCUT2D eigenvalue weighted by Crippen LogP contribution is -2.44. The van der Waals surface area contributed by atoms with E-state index >= 15 is 0 Å². The molecule has 2 atom stereocenters. The van der Waals surface area contributed by atoms with Gasteiger partial charge in [-0.25, -0.2) is 4.79 Å². The summed E-state index contributed by atoms with van der Waals surface area (Å²) in [4.78, 5) is 26.1. The third-order valence-electron chi connectivity index (χ3n) is 5.34. The molecular formula is C20H29N3O2. The van der Waals surface area contributed by atoms with Crippen molar-refractivity contribution in [2.45, 2.75) is 71.0 Å². The molecule has 2 unspecified atom stereocenters. The van der Waals surface area contributed by atoms with Crippen molar-refractivity contribution < 1.29 is 9.59 Å². The predicted octanol–water partition coefficient (Wildman–Crippen LogP) is 2.93. The molecule has 2 aliphatic rings. The molecule has 5 nitrogen and oxygen atoms in total. The van der Waals surface area contributed by atoms with Crippen molar-refractivity contribution in [1.29, 1.82) is 0 Å². The molecule has 1 aromatic rings. The quantitative estimate of drug-likeness (QED) is 0.883. The van der Waals surface area contributed by atoms with E-state index in [1.54, 1.807) is 0 Å². The molecule has 1 heterocycles. The zero-order valence-electron chi connectivity index (χ0n) is 15.5. The Morgan fingerprint density at radius 2 is 1.88 bits per heavy atom. The van der Waals surface area contributed by atoms with E-state index in [2.05, 4.69) is 28.8 Å². The summed E-state index contributed by atoms with van der Waals surface area (Å²) in [6.07, 6.45) is 5.22. The first-order chi connectivity index (χ1) is 11.9. The second-order valence-corrected chi connectivity index (χ2v) is 7.62. The van der Waals surface area contributed by atoms with Gasteiger partial charge in [0.25, 0.3) is 0 Å². The second-order valence-electron chi connectivity index (χ2n) is 7.62. The predicted molar refractivity (Wildman–Crippen MR) is 98.4 cm³/mol. The molecule has 25 heavy (non-hydrogen) atoms. The number of aryl methyl sites for hydroxylation is 2. The zero-order valence-corrected chi connectivity index (χ0v) is 15.5. The summed E-state index contributed by atoms with van der Waals surface area (Å²) in [6, 6.07) is 6.38. The number of urea groups is 1. The maximum Gasteiger partial charge on any atom is 0.315 e. The van der Waals surface area contributed by atoms with Gasteiger partial charge in [-0.05, 0) is 63.1 Å². The maximum atomic E-state index is 12.3. The number of nitrogens with zero attached hydrogens (tertiary/aromatic N) is 1. The minimum Gasteiger partial charge on any atom is -0.338 e. The number of hydrogen-bond donors (Lipinski definition) is 2. The minimum atomic E-state index is -0.200. The Bertz CT molecular complexity index is 656. The summed E-state index contributed by atoms with van der Waals surface area (Å²) in [5.41, 5.74) is 4.01. The van der Waals surface area contributed by atoms with Gasteiger partial charge in [0.1, 0.15) is 0 Å². The summed E-state index contributed by atoms with van der Waals surface area (Å²) in [7, 11) is 0. The summed E-state index contributed by atoms with van der Waals surface area (Å²) in [5, 5.41) is 5.95. The van der Waals surface area contributed by atoms with Crippen LogP contribution in [0.15, 0.2) is 18.2 Å². The molecule has 0 radical (unpaired) electrons. The molecule has 1 saturated heterocycles. The Hall–Kier alpha value is -2.04. The van der Waals surface area contributed by atoms with Crippen LogP contribution in [0, 0.1) is 0 Å². The molecule has 2 N–H and O–H groups in total.